The number of sulfonamides is 1. The summed E-state index contributed by atoms with van der Waals surface area (Å²) in [5.41, 5.74) is 2.39. The van der Waals surface area contributed by atoms with E-state index in [0.29, 0.717) is 49.3 Å². The predicted molar refractivity (Wildman–Crippen MR) is 134 cm³/mol. The summed E-state index contributed by atoms with van der Waals surface area (Å²) in [6.07, 6.45) is 3.33. The molecule has 0 spiro atoms. The molecule has 2 aliphatic rings. The molecule has 188 valence electrons. The van der Waals surface area contributed by atoms with Gasteiger partial charge in [-0.15, -0.1) is 0 Å². The van der Waals surface area contributed by atoms with Gasteiger partial charge in [0.2, 0.25) is 5.91 Å². The van der Waals surface area contributed by atoms with E-state index in [-0.39, 0.29) is 28.7 Å². The Labute approximate surface area is 207 Å². The highest BCUT2D eigenvalue weighted by molar-refractivity contribution is 7.92. The van der Waals surface area contributed by atoms with Crippen LogP contribution in [0, 0.1) is 19.8 Å². The molecule has 4 rings (SSSR count). The summed E-state index contributed by atoms with van der Waals surface area (Å²) in [5.74, 6) is -0.262. The Kier molecular flexibility index (Phi) is 7.76. The Balaban J connectivity index is 1.34. The summed E-state index contributed by atoms with van der Waals surface area (Å²) in [5, 5.41) is 2.99. The summed E-state index contributed by atoms with van der Waals surface area (Å²) >= 11 is 0. The second-order valence-corrected chi connectivity index (χ2v) is 11.1. The van der Waals surface area contributed by atoms with Crippen molar-refractivity contribution in [2.24, 2.45) is 5.92 Å². The van der Waals surface area contributed by atoms with Gasteiger partial charge in [-0.05, 0) is 69.4 Å². The van der Waals surface area contributed by atoms with Gasteiger partial charge in [0.1, 0.15) is 0 Å². The number of rotatable bonds is 7. The van der Waals surface area contributed by atoms with Crippen molar-refractivity contribution >= 4 is 27.5 Å². The van der Waals surface area contributed by atoms with Crippen LogP contribution in [0.15, 0.2) is 47.4 Å². The number of hydrogen-bond acceptors (Lipinski definition) is 5. The van der Waals surface area contributed by atoms with Crippen LogP contribution >= 0.6 is 0 Å². The molecule has 0 saturated carbocycles. The molecular formula is C26H33N3O5S. The van der Waals surface area contributed by atoms with E-state index in [1.807, 2.05) is 13.0 Å². The zero-order chi connectivity index (χ0) is 25.0. The van der Waals surface area contributed by atoms with Crippen molar-refractivity contribution in [2.75, 3.05) is 31.0 Å². The number of hydrogen-bond donors (Lipinski definition) is 2. The number of piperidine rings is 1. The fourth-order valence-corrected chi connectivity index (χ4v) is 6.00. The minimum absolute atomic E-state index is 0.0235. The molecule has 0 aromatic heterocycles. The second-order valence-electron chi connectivity index (χ2n) is 9.40. The van der Waals surface area contributed by atoms with E-state index < -0.39 is 10.0 Å². The molecule has 1 unspecified atom stereocenters. The molecule has 2 aromatic carbocycles. The highest BCUT2D eigenvalue weighted by atomic mass is 32.2. The zero-order valence-corrected chi connectivity index (χ0v) is 21.1. The van der Waals surface area contributed by atoms with Crippen molar-refractivity contribution in [2.45, 2.75) is 50.5 Å². The molecular weight excluding hydrogens is 466 g/mol. The van der Waals surface area contributed by atoms with E-state index in [1.165, 1.54) is 0 Å². The smallest absolute Gasteiger partial charge is 0.262 e. The number of anilines is 1. The van der Waals surface area contributed by atoms with Crippen LogP contribution in [0.3, 0.4) is 0 Å². The quantitative estimate of drug-likeness (QED) is 0.609. The Morgan fingerprint density at radius 2 is 1.83 bits per heavy atom. The molecule has 0 aliphatic carbocycles. The zero-order valence-electron chi connectivity index (χ0n) is 20.2. The molecule has 2 heterocycles. The van der Waals surface area contributed by atoms with E-state index in [4.69, 9.17) is 4.74 Å². The fourth-order valence-electron chi connectivity index (χ4n) is 4.72. The Hall–Kier alpha value is -2.91. The lowest BCUT2D eigenvalue weighted by Crippen LogP contribution is -2.44. The summed E-state index contributed by atoms with van der Waals surface area (Å²) in [4.78, 5) is 27.5. The lowest BCUT2D eigenvalue weighted by atomic mass is 9.95. The average molecular weight is 500 g/mol. The van der Waals surface area contributed by atoms with Crippen molar-refractivity contribution in [1.29, 1.82) is 0 Å². The van der Waals surface area contributed by atoms with E-state index in [2.05, 4.69) is 10.0 Å². The highest BCUT2D eigenvalue weighted by Crippen LogP contribution is 2.23. The van der Waals surface area contributed by atoms with E-state index in [0.717, 1.165) is 25.0 Å². The standard InChI is InChI=1S/C26H33N3O5S/c1-18-8-9-24(19(2)15-18)35(32,33)28-22-6-3-5-21(16-22)26(31)29-12-10-20(11-13-29)25(30)27-17-23-7-4-14-34-23/h3,5-6,8-9,15-16,20,23,28H,4,7,10-14,17H2,1-2H3,(H,27,30). The second kappa shape index (κ2) is 10.8. The minimum atomic E-state index is -3.78. The number of aryl methyl sites for hydroxylation is 2. The van der Waals surface area contributed by atoms with Crippen LogP contribution in [-0.4, -0.2) is 57.5 Å². The summed E-state index contributed by atoms with van der Waals surface area (Å²) < 4.78 is 33.9. The molecule has 0 bridgehead atoms. The van der Waals surface area contributed by atoms with Crippen LogP contribution in [0.2, 0.25) is 0 Å². The first kappa shape index (κ1) is 25.2. The topological polar surface area (TPSA) is 105 Å². The van der Waals surface area contributed by atoms with E-state index in [9.17, 15) is 18.0 Å². The minimum Gasteiger partial charge on any atom is -0.376 e. The van der Waals surface area contributed by atoms with Crippen LogP contribution in [0.25, 0.3) is 0 Å². The van der Waals surface area contributed by atoms with Gasteiger partial charge in [-0.25, -0.2) is 8.42 Å². The van der Waals surface area contributed by atoms with Crippen molar-refractivity contribution < 1.29 is 22.7 Å². The maximum absolute atomic E-state index is 13.1. The van der Waals surface area contributed by atoms with Crippen LogP contribution < -0.4 is 10.0 Å². The first-order valence-corrected chi connectivity index (χ1v) is 13.6. The number of nitrogens with one attached hydrogen (secondary N) is 2. The molecule has 2 N–H and O–H groups in total. The number of carbonyl (C=O) groups excluding carboxylic acids is 2. The molecule has 35 heavy (non-hydrogen) atoms. The number of benzene rings is 2. The number of ether oxygens (including phenoxy) is 1. The van der Waals surface area contributed by atoms with Crippen molar-refractivity contribution in [3.63, 3.8) is 0 Å². The molecule has 2 aliphatic heterocycles. The van der Waals surface area contributed by atoms with Crippen LogP contribution in [0.4, 0.5) is 5.69 Å². The number of nitrogens with zero attached hydrogens (tertiary/aromatic N) is 1. The maximum atomic E-state index is 13.1. The lowest BCUT2D eigenvalue weighted by molar-refractivity contribution is -0.126. The molecule has 8 nitrogen and oxygen atoms in total. The molecule has 0 radical (unpaired) electrons. The third kappa shape index (κ3) is 6.21. The van der Waals surface area contributed by atoms with E-state index in [1.54, 1.807) is 48.2 Å². The van der Waals surface area contributed by atoms with Crippen molar-refractivity contribution in [1.82, 2.24) is 10.2 Å². The van der Waals surface area contributed by atoms with Gasteiger partial charge < -0.3 is 15.0 Å². The first-order chi connectivity index (χ1) is 16.7. The van der Waals surface area contributed by atoms with Crippen molar-refractivity contribution in [3.05, 3.63) is 59.2 Å². The largest absolute Gasteiger partial charge is 0.376 e. The van der Waals surface area contributed by atoms with Gasteiger partial charge in [-0.1, -0.05) is 23.8 Å². The third-order valence-electron chi connectivity index (χ3n) is 6.66. The Morgan fingerprint density at radius 1 is 1.06 bits per heavy atom. The maximum Gasteiger partial charge on any atom is 0.262 e. The lowest BCUT2D eigenvalue weighted by Gasteiger charge is -2.31. The van der Waals surface area contributed by atoms with Gasteiger partial charge in [0, 0.05) is 43.4 Å². The van der Waals surface area contributed by atoms with Crippen molar-refractivity contribution in [3.8, 4) is 0 Å². The normalized spacial score (nSPS) is 18.9. The SMILES string of the molecule is Cc1ccc(S(=O)(=O)Nc2cccc(C(=O)N3CCC(C(=O)NCC4CCCO4)CC3)c2)c(C)c1. The van der Waals surface area contributed by atoms with Gasteiger partial charge in [0.05, 0.1) is 11.0 Å². The number of carbonyl (C=O) groups is 2. The third-order valence-corrected chi connectivity index (χ3v) is 8.20. The summed E-state index contributed by atoms with van der Waals surface area (Å²) in [6, 6.07) is 11.7. The monoisotopic (exact) mass is 499 g/mol. The molecule has 1 atom stereocenters. The fraction of sp³-hybridized carbons (Fsp3) is 0.462. The molecule has 2 saturated heterocycles. The first-order valence-electron chi connectivity index (χ1n) is 12.1. The molecule has 2 aromatic rings. The average Bonchev–Trinajstić information content (AvgIpc) is 3.35. The number of likely N-dealkylation sites (tertiary alicyclic amines) is 1. The van der Waals surface area contributed by atoms with Gasteiger partial charge in [-0.3, -0.25) is 14.3 Å². The van der Waals surface area contributed by atoms with Gasteiger partial charge in [0.25, 0.3) is 15.9 Å². The summed E-state index contributed by atoms with van der Waals surface area (Å²) in [6.45, 7) is 5.93. The summed E-state index contributed by atoms with van der Waals surface area (Å²) in [7, 11) is -3.78. The van der Waals surface area contributed by atoms with E-state index >= 15 is 0 Å². The van der Waals surface area contributed by atoms with Gasteiger partial charge in [0.15, 0.2) is 0 Å². The van der Waals surface area contributed by atoms with Crippen LogP contribution in [-0.2, 0) is 19.6 Å². The van der Waals surface area contributed by atoms with Crippen LogP contribution in [0.1, 0.15) is 47.2 Å². The molecule has 9 heteroatoms. The molecule has 2 amide bonds. The predicted octanol–water partition coefficient (Wildman–Crippen LogP) is 3.25. The van der Waals surface area contributed by atoms with Crippen LogP contribution in [0.5, 0.6) is 0 Å². The Morgan fingerprint density at radius 3 is 2.51 bits per heavy atom. The molecule has 2 fully saturated rings. The Bertz CT molecular complexity index is 1180. The van der Waals surface area contributed by atoms with Gasteiger partial charge in [-0.2, -0.15) is 0 Å². The number of amides is 2. The highest BCUT2D eigenvalue weighted by Gasteiger charge is 2.29. The van der Waals surface area contributed by atoms with Gasteiger partial charge >= 0.3 is 0 Å².